The molecule has 12 heteroatoms. The zero-order chi connectivity index (χ0) is 29.8. The molecule has 0 amide bonds. The van der Waals surface area contributed by atoms with Crippen LogP contribution in [-0.4, -0.2) is 68.6 Å². The Morgan fingerprint density at radius 1 is 0.860 bits per heavy atom. The van der Waals surface area contributed by atoms with E-state index in [4.69, 9.17) is 9.84 Å². The van der Waals surface area contributed by atoms with E-state index >= 15 is 0 Å². The molecule has 0 aliphatic carbocycles. The Labute approximate surface area is 285 Å². The molecule has 0 saturated heterocycles. The summed E-state index contributed by atoms with van der Waals surface area (Å²) in [6.45, 7) is 16.0. The molecule has 6 rings (SSSR count). The second-order valence-corrected chi connectivity index (χ2v) is 7.96. The van der Waals surface area contributed by atoms with E-state index in [1.807, 2.05) is 91.7 Å². The summed E-state index contributed by atoms with van der Waals surface area (Å²) in [5.41, 5.74) is 7.66. The summed E-state index contributed by atoms with van der Waals surface area (Å²) in [5, 5.41) is 15.5. The monoisotopic (exact) mass is 583 g/mol. The molecule has 7 radical (unpaired) electrons. The fraction of sp³-hybridized carbons (Fsp3) is 0.194. The summed E-state index contributed by atoms with van der Waals surface area (Å²) in [6.07, 6.45) is 3.93. The number of aromatic nitrogens is 2. The van der Waals surface area contributed by atoms with Crippen LogP contribution in [0.3, 0.4) is 0 Å². The number of anilines is 2. The molecule has 4 heterocycles. The van der Waals surface area contributed by atoms with E-state index in [1.54, 1.807) is 12.1 Å². The van der Waals surface area contributed by atoms with E-state index in [0.29, 0.717) is 5.56 Å². The van der Waals surface area contributed by atoms with Crippen LogP contribution in [0, 0.1) is 0 Å². The number of rotatable bonds is 2. The summed E-state index contributed by atoms with van der Waals surface area (Å²) in [4.78, 5) is 11.5. The zero-order valence-electron chi connectivity index (χ0n) is 26.4. The van der Waals surface area contributed by atoms with Gasteiger partial charge in [-0.15, -0.1) is 0 Å². The number of fused-ring (bicyclic) bond motifs is 6. The number of esters is 1. The summed E-state index contributed by atoms with van der Waals surface area (Å²) in [7, 11) is 9.37. The molecule has 0 unspecified atom stereocenters. The molecule has 2 aliphatic heterocycles. The topological polar surface area (TPSA) is 80.4 Å². The molecule has 2 aliphatic rings. The number of methoxy groups -OCH3 is 1. The van der Waals surface area contributed by atoms with Crippen LogP contribution in [0.1, 0.15) is 45.0 Å². The molecule has 43 heavy (non-hydrogen) atoms. The number of hydrogen-bond donors (Lipinski definition) is 3. The summed E-state index contributed by atoms with van der Waals surface area (Å²) < 4.78 is 8.70. The maximum Gasteiger partial charge on any atom is 1.00 e. The minimum Gasteiger partial charge on any atom is -1.00 e. The molecule has 0 spiro atoms. The van der Waals surface area contributed by atoms with Crippen LogP contribution in [0.5, 0.6) is 0 Å². The van der Waals surface area contributed by atoms with Crippen LogP contribution < -0.4 is 29.5 Å². The van der Waals surface area contributed by atoms with E-state index in [9.17, 15) is 4.79 Å². The van der Waals surface area contributed by atoms with Crippen molar-refractivity contribution in [1.29, 1.82) is 0 Å². The second kappa shape index (κ2) is 20.7. The van der Waals surface area contributed by atoms with Crippen molar-refractivity contribution in [2.75, 3.05) is 17.7 Å². The number of nitrogens with one attached hydrogen (secondary N) is 2. The largest absolute Gasteiger partial charge is 1.00 e. The number of benzene rings is 2. The second-order valence-electron chi connectivity index (χ2n) is 7.96. The van der Waals surface area contributed by atoms with Gasteiger partial charge < -0.3 is 31.0 Å². The van der Waals surface area contributed by atoms with E-state index in [-0.39, 0.29) is 58.6 Å². The molecule has 215 valence electrons. The average molecular weight is 583 g/mol. The van der Waals surface area contributed by atoms with Gasteiger partial charge in [0.1, 0.15) is 11.6 Å². The molecule has 4 aromatic rings. The number of ether oxygens (including phenoxy) is 1. The Hall–Kier alpha value is -3.17. The van der Waals surface area contributed by atoms with Crippen molar-refractivity contribution in [1.82, 2.24) is 9.13 Å². The fourth-order valence-electron chi connectivity index (χ4n) is 4.24. The number of nitrogens with zero attached hydrogens (tertiary/aromatic N) is 2. The summed E-state index contributed by atoms with van der Waals surface area (Å²) in [5.74, 6) is 1.26. The Balaban J connectivity index is -0.000000608. The standard InChI is InChI=1S/C14H12N2O2.C13H12N2O.2C2H6.Al.B2.B.Li.4H/c1-9-15-12-8-10(14(17)18-2)5-6-11(12)13-4-3-7-16(9)13;1-9-14-12-7-10(8-16)4-5-11(12)13-3-2-6-15(9)13;2*1-2;;1-2;;;;;;/h3-8,15H,1H2,2H3;2-7,14,16H,1,8H2;2*1-2H3;;;;;;;;/q;;;;;;;+1;;;;-1. The number of carbonyl (C=O) groups is 1. The smallest absolute Gasteiger partial charge is 1.00 e. The van der Waals surface area contributed by atoms with E-state index < -0.39 is 0 Å². The van der Waals surface area contributed by atoms with Gasteiger partial charge in [0.25, 0.3) is 0 Å². The van der Waals surface area contributed by atoms with Crippen molar-refractivity contribution >= 4 is 70.2 Å². The van der Waals surface area contributed by atoms with Crippen molar-refractivity contribution in [2.24, 2.45) is 0 Å². The molecule has 0 saturated carbocycles. The van der Waals surface area contributed by atoms with E-state index in [2.05, 4.69) is 45.3 Å². The fourth-order valence-corrected chi connectivity index (χ4v) is 4.24. The molecular weight excluding hydrogens is 543 g/mol. The molecule has 0 bridgehead atoms. The van der Waals surface area contributed by atoms with Gasteiger partial charge in [-0.2, -0.15) is 0 Å². The van der Waals surface area contributed by atoms with Crippen molar-refractivity contribution < 1.29 is 34.9 Å². The van der Waals surface area contributed by atoms with Crippen molar-refractivity contribution in [3.05, 3.63) is 97.3 Å². The maximum atomic E-state index is 11.5. The molecule has 0 atom stereocenters. The van der Waals surface area contributed by atoms with E-state index in [0.717, 1.165) is 51.1 Å². The van der Waals surface area contributed by atoms with Gasteiger partial charge in [-0.3, -0.25) is 0 Å². The average Bonchev–Trinajstić information content (AvgIpc) is 3.71. The molecule has 7 nitrogen and oxygen atoms in total. The van der Waals surface area contributed by atoms with Gasteiger partial charge in [0.05, 0.1) is 30.7 Å². The van der Waals surface area contributed by atoms with Crippen molar-refractivity contribution in [3.63, 3.8) is 0 Å². The Morgan fingerprint density at radius 2 is 1.30 bits per heavy atom. The molecule has 2 aromatic heterocycles. The molecule has 3 N–H and O–H groups in total. The third kappa shape index (κ3) is 9.41. The normalized spacial score (nSPS) is 10.4. The third-order valence-corrected chi connectivity index (χ3v) is 5.90. The van der Waals surface area contributed by atoms with Gasteiger partial charge in [0.15, 0.2) is 17.4 Å². The number of aliphatic hydroxyl groups excluding tert-OH is 1. The number of carbonyl (C=O) groups excluding carboxylic acids is 1. The van der Waals surface area contributed by atoms with Crippen LogP contribution in [0.4, 0.5) is 11.4 Å². The molecule has 2 aromatic carbocycles. The maximum absolute atomic E-state index is 11.5. The summed E-state index contributed by atoms with van der Waals surface area (Å²) >= 11 is 0. The van der Waals surface area contributed by atoms with Crippen molar-refractivity contribution in [2.45, 2.75) is 34.3 Å². The predicted octanol–water partition coefficient (Wildman–Crippen LogP) is 2.14. The van der Waals surface area contributed by atoms with Crippen LogP contribution in [-0.2, 0) is 11.3 Å². The van der Waals surface area contributed by atoms with Gasteiger partial charge >= 0.3 is 24.8 Å². The zero-order valence-corrected chi connectivity index (χ0v) is 25.4. The Morgan fingerprint density at radius 3 is 1.74 bits per heavy atom. The van der Waals surface area contributed by atoms with Gasteiger partial charge in [-0.25, -0.2) is 4.79 Å². The van der Waals surface area contributed by atoms with Gasteiger partial charge in [0.2, 0.25) is 0 Å². The van der Waals surface area contributed by atoms with Crippen LogP contribution in [0.15, 0.2) is 86.2 Å². The van der Waals surface area contributed by atoms with Crippen molar-refractivity contribution in [3.8, 4) is 22.5 Å². The minimum absolute atomic E-state index is 0. The van der Waals surface area contributed by atoms with Crippen LogP contribution in [0.2, 0.25) is 0 Å². The Kier molecular flexibility index (Phi) is 20.2. The van der Waals surface area contributed by atoms with Gasteiger partial charge in [0, 0.05) is 58.8 Å². The van der Waals surface area contributed by atoms with Crippen LogP contribution in [0.25, 0.3) is 34.2 Å². The van der Waals surface area contributed by atoms with E-state index in [1.165, 1.54) is 7.11 Å². The quantitative estimate of drug-likeness (QED) is 0.249. The SMILES string of the molecule is C=C1Nc2cc(C(=O)OC)ccc2-c2cccn21.C=C1Nc2cc(CO)ccc2-c2cccn21.CC.CC.[AlH3].[B].[B][B].[H-].[Li+]. The van der Waals surface area contributed by atoms with Gasteiger partial charge in [-0.1, -0.05) is 53.0 Å². The van der Waals surface area contributed by atoms with Gasteiger partial charge in [-0.05, 0) is 54.1 Å². The summed E-state index contributed by atoms with van der Waals surface area (Å²) in [6, 6.07) is 19.4. The Bertz CT molecular complexity index is 1480. The van der Waals surface area contributed by atoms with Crippen LogP contribution >= 0.6 is 0 Å². The number of aliphatic hydroxyl groups is 1. The first-order valence-electron chi connectivity index (χ1n) is 13.1. The number of hydrogen-bond acceptors (Lipinski definition) is 5. The first-order valence-corrected chi connectivity index (χ1v) is 13.1. The third-order valence-electron chi connectivity index (χ3n) is 5.90. The predicted molar refractivity (Wildman–Crippen MR) is 186 cm³/mol. The first-order chi connectivity index (χ1) is 19.5. The minimum atomic E-state index is -0.342. The first kappa shape index (κ1) is 42.0. The molecular formula is C31H40AlB3LiN4O3. The molecule has 0 fully saturated rings.